The van der Waals surface area contributed by atoms with Crippen molar-refractivity contribution < 1.29 is 23.9 Å². The predicted octanol–water partition coefficient (Wildman–Crippen LogP) is 5.52. The van der Waals surface area contributed by atoms with Crippen LogP contribution in [-0.2, 0) is 9.59 Å². The molecule has 0 bridgehead atoms. The Kier molecular flexibility index (Phi) is 9.21. The number of carbonyl (C=O) groups is 4. The molecule has 0 unspecified atom stereocenters. The maximum absolute atomic E-state index is 12.9. The predicted molar refractivity (Wildman–Crippen MR) is 165 cm³/mol. The number of esters is 1. The van der Waals surface area contributed by atoms with Gasteiger partial charge in [0.05, 0.1) is 23.0 Å². The monoisotopic (exact) mass is 576 g/mol. The quantitative estimate of drug-likeness (QED) is 0.0878. The zero-order valence-electron chi connectivity index (χ0n) is 23.8. The third kappa shape index (κ3) is 7.32. The minimum absolute atomic E-state index is 0.0951. The summed E-state index contributed by atoms with van der Waals surface area (Å²) in [5.41, 5.74) is 4.49. The minimum atomic E-state index is -1.03. The van der Waals surface area contributed by atoms with Gasteiger partial charge in [0, 0.05) is 11.6 Å². The van der Waals surface area contributed by atoms with E-state index in [0.29, 0.717) is 11.1 Å². The van der Waals surface area contributed by atoms with E-state index in [4.69, 9.17) is 4.74 Å². The number of fused-ring (bicyclic) bond motifs is 1. The van der Waals surface area contributed by atoms with Crippen molar-refractivity contribution >= 4 is 46.4 Å². The second-order valence-electron chi connectivity index (χ2n) is 10.5. The zero-order valence-corrected chi connectivity index (χ0v) is 23.8. The van der Waals surface area contributed by atoms with Gasteiger partial charge in [-0.05, 0) is 60.9 Å². The van der Waals surface area contributed by atoms with Crippen LogP contribution in [0.2, 0.25) is 0 Å². The van der Waals surface area contributed by atoms with Crippen molar-refractivity contribution in [2.45, 2.75) is 45.1 Å². The summed E-state index contributed by atoms with van der Waals surface area (Å²) in [4.78, 5) is 51.2. The van der Waals surface area contributed by atoms with Gasteiger partial charge in [-0.2, -0.15) is 5.10 Å². The summed E-state index contributed by atoms with van der Waals surface area (Å²) >= 11 is 0. The molecule has 0 spiro atoms. The molecular formula is C34H32N4O5. The van der Waals surface area contributed by atoms with Crippen molar-refractivity contribution in [1.29, 1.82) is 0 Å². The molecule has 1 aliphatic carbocycles. The van der Waals surface area contributed by atoms with Crippen molar-refractivity contribution in [3.63, 3.8) is 0 Å². The first-order valence-electron chi connectivity index (χ1n) is 14.2. The molecule has 5 rings (SSSR count). The van der Waals surface area contributed by atoms with Gasteiger partial charge in [0.1, 0.15) is 5.75 Å². The highest BCUT2D eigenvalue weighted by atomic mass is 16.5. The Morgan fingerprint density at radius 1 is 0.837 bits per heavy atom. The van der Waals surface area contributed by atoms with E-state index in [9.17, 15) is 19.2 Å². The molecule has 1 fully saturated rings. The number of rotatable bonds is 7. The van der Waals surface area contributed by atoms with Gasteiger partial charge in [-0.25, -0.2) is 10.2 Å². The summed E-state index contributed by atoms with van der Waals surface area (Å²) in [7, 11) is 0. The van der Waals surface area contributed by atoms with Crippen LogP contribution in [0.4, 0.5) is 5.69 Å². The number of para-hydroxylation sites is 1. The van der Waals surface area contributed by atoms with E-state index in [0.717, 1.165) is 48.4 Å². The van der Waals surface area contributed by atoms with Crippen LogP contribution >= 0.6 is 0 Å². The summed E-state index contributed by atoms with van der Waals surface area (Å²) in [6, 6.07) is 24.6. The number of anilines is 1. The smallest absolute Gasteiger partial charge is 0.343 e. The number of hydrazone groups is 1. The number of nitrogens with zero attached hydrogens (tertiary/aromatic N) is 1. The van der Waals surface area contributed by atoms with Gasteiger partial charge in [-0.15, -0.1) is 0 Å². The third-order valence-electron chi connectivity index (χ3n) is 7.31. The highest BCUT2D eigenvalue weighted by Gasteiger charge is 2.21. The fraction of sp³-hybridized carbons (Fsp3) is 0.206. The summed E-state index contributed by atoms with van der Waals surface area (Å²) < 4.78 is 5.71. The average molecular weight is 577 g/mol. The standard InChI is InChI=1S/C34H32N4O5/c1-22-10-9-12-24(20-22)34(42)43-30-19-18-23-11-5-6-15-26(23)28(30)21-35-38-33(41)32(40)37-29-17-8-7-16-27(29)31(39)36-25-13-3-2-4-14-25/h5-12,15-21,25H,2-4,13-14H2,1H3,(H,36,39)(H,37,40)(H,38,41). The molecule has 0 aromatic heterocycles. The van der Waals surface area contributed by atoms with Crippen LogP contribution in [0.25, 0.3) is 10.8 Å². The summed E-state index contributed by atoms with van der Waals surface area (Å²) in [5, 5.41) is 11.1. The van der Waals surface area contributed by atoms with Crippen LogP contribution in [0, 0.1) is 6.92 Å². The number of amides is 3. The number of benzene rings is 4. The van der Waals surface area contributed by atoms with Crippen LogP contribution < -0.4 is 20.8 Å². The number of ether oxygens (including phenoxy) is 1. The first-order chi connectivity index (χ1) is 20.9. The van der Waals surface area contributed by atoms with Gasteiger partial charge in [-0.1, -0.05) is 79.4 Å². The molecule has 43 heavy (non-hydrogen) atoms. The van der Waals surface area contributed by atoms with Crippen LogP contribution in [0.15, 0.2) is 90.0 Å². The average Bonchev–Trinajstić information content (AvgIpc) is 3.02. The zero-order chi connectivity index (χ0) is 30.2. The number of aryl methyl sites for hydroxylation is 1. The lowest BCUT2D eigenvalue weighted by atomic mass is 9.95. The molecule has 0 aliphatic heterocycles. The molecule has 9 heteroatoms. The summed E-state index contributed by atoms with van der Waals surface area (Å²) in [6.45, 7) is 1.88. The first kappa shape index (κ1) is 29.2. The van der Waals surface area contributed by atoms with Crippen LogP contribution in [0.1, 0.15) is 63.9 Å². The van der Waals surface area contributed by atoms with E-state index in [1.807, 2.05) is 43.3 Å². The fourth-order valence-corrected chi connectivity index (χ4v) is 5.11. The Hall–Kier alpha value is -5.31. The molecule has 4 aromatic rings. The molecule has 9 nitrogen and oxygen atoms in total. The van der Waals surface area contributed by atoms with Gasteiger partial charge in [0.15, 0.2) is 0 Å². The van der Waals surface area contributed by atoms with Gasteiger partial charge in [0.25, 0.3) is 5.91 Å². The van der Waals surface area contributed by atoms with Crippen molar-refractivity contribution in [3.05, 3.63) is 107 Å². The fourth-order valence-electron chi connectivity index (χ4n) is 5.11. The Morgan fingerprint density at radius 2 is 1.60 bits per heavy atom. The molecule has 1 aliphatic rings. The van der Waals surface area contributed by atoms with Crippen molar-refractivity contribution in [3.8, 4) is 5.75 Å². The Balaban J connectivity index is 1.29. The second kappa shape index (κ2) is 13.6. The largest absolute Gasteiger partial charge is 0.422 e. The highest BCUT2D eigenvalue weighted by Crippen LogP contribution is 2.27. The molecule has 4 aromatic carbocycles. The van der Waals surface area contributed by atoms with Gasteiger partial charge < -0.3 is 15.4 Å². The normalized spacial score (nSPS) is 13.4. The highest BCUT2D eigenvalue weighted by molar-refractivity contribution is 6.40. The minimum Gasteiger partial charge on any atom is -0.422 e. The Morgan fingerprint density at radius 3 is 2.42 bits per heavy atom. The van der Waals surface area contributed by atoms with Crippen molar-refractivity contribution in [2.24, 2.45) is 5.10 Å². The lowest BCUT2D eigenvalue weighted by Crippen LogP contribution is -2.37. The van der Waals surface area contributed by atoms with E-state index in [2.05, 4.69) is 21.2 Å². The van der Waals surface area contributed by atoms with Gasteiger partial charge in [0.2, 0.25) is 0 Å². The second-order valence-corrected chi connectivity index (χ2v) is 10.5. The first-order valence-corrected chi connectivity index (χ1v) is 14.2. The third-order valence-corrected chi connectivity index (χ3v) is 7.31. The number of carbonyl (C=O) groups excluding carboxylic acids is 4. The lowest BCUT2D eigenvalue weighted by molar-refractivity contribution is -0.136. The van der Waals surface area contributed by atoms with Gasteiger partial charge in [-0.3, -0.25) is 14.4 Å². The Labute approximate surface area is 249 Å². The van der Waals surface area contributed by atoms with Crippen LogP contribution in [0.3, 0.4) is 0 Å². The number of hydrogen-bond acceptors (Lipinski definition) is 6. The van der Waals surface area contributed by atoms with E-state index < -0.39 is 17.8 Å². The molecule has 0 atom stereocenters. The molecule has 0 radical (unpaired) electrons. The molecule has 3 amide bonds. The Bertz CT molecular complexity index is 1710. The molecule has 0 heterocycles. The molecule has 218 valence electrons. The van der Waals surface area contributed by atoms with E-state index in [1.54, 1.807) is 48.5 Å². The SMILES string of the molecule is Cc1cccc(C(=O)Oc2ccc3ccccc3c2C=NNC(=O)C(=O)Nc2ccccc2C(=O)NC2CCCCC2)c1. The van der Waals surface area contributed by atoms with Crippen LogP contribution in [-0.4, -0.2) is 35.9 Å². The van der Waals surface area contributed by atoms with Crippen molar-refractivity contribution in [2.75, 3.05) is 5.32 Å². The summed E-state index contributed by atoms with van der Waals surface area (Å²) in [6.07, 6.45) is 6.47. The number of nitrogens with one attached hydrogen (secondary N) is 3. The van der Waals surface area contributed by atoms with Gasteiger partial charge >= 0.3 is 17.8 Å². The van der Waals surface area contributed by atoms with Crippen molar-refractivity contribution in [1.82, 2.24) is 10.7 Å². The molecule has 0 saturated heterocycles. The van der Waals surface area contributed by atoms with Crippen LogP contribution in [0.5, 0.6) is 5.75 Å². The molecule has 3 N–H and O–H groups in total. The summed E-state index contributed by atoms with van der Waals surface area (Å²) in [5.74, 6) is -2.62. The molecule has 1 saturated carbocycles. The number of hydrogen-bond donors (Lipinski definition) is 3. The topological polar surface area (TPSA) is 126 Å². The van der Waals surface area contributed by atoms with E-state index >= 15 is 0 Å². The maximum Gasteiger partial charge on any atom is 0.343 e. The molecular weight excluding hydrogens is 544 g/mol. The van der Waals surface area contributed by atoms with E-state index in [1.165, 1.54) is 6.21 Å². The van der Waals surface area contributed by atoms with E-state index in [-0.39, 0.29) is 28.9 Å². The maximum atomic E-state index is 12.9. The lowest BCUT2D eigenvalue weighted by Gasteiger charge is -2.23.